The van der Waals surface area contributed by atoms with Crippen LogP contribution in [-0.4, -0.2) is 22.7 Å². The van der Waals surface area contributed by atoms with Gasteiger partial charge in [0.2, 0.25) is 0 Å². The molecular formula is C11H16N2O3. The maximum absolute atomic E-state index is 10.7. The van der Waals surface area contributed by atoms with Crippen LogP contribution in [0.15, 0.2) is 18.2 Å². The Kier molecular flexibility index (Phi) is 4.39. The smallest absolute Gasteiger partial charge is 0.272 e. The van der Waals surface area contributed by atoms with Crippen LogP contribution in [0.3, 0.4) is 0 Å². The Balaban J connectivity index is 2.68. The predicted molar refractivity (Wildman–Crippen MR) is 61.2 cm³/mol. The van der Waals surface area contributed by atoms with Gasteiger partial charge in [0.25, 0.3) is 5.69 Å². The molecule has 0 saturated heterocycles. The van der Waals surface area contributed by atoms with Crippen molar-refractivity contribution in [2.45, 2.75) is 26.5 Å². The predicted octanol–water partition coefficient (Wildman–Crippen LogP) is 1.37. The topological polar surface area (TPSA) is 75.4 Å². The van der Waals surface area contributed by atoms with Gasteiger partial charge in [0.1, 0.15) is 0 Å². The average Bonchev–Trinajstić information content (AvgIpc) is 2.19. The van der Waals surface area contributed by atoms with E-state index in [1.165, 1.54) is 0 Å². The van der Waals surface area contributed by atoms with Gasteiger partial charge in [0.15, 0.2) is 0 Å². The molecule has 1 aromatic carbocycles. The first-order valence-electron chi connectivity index (χ1n) is 5.13. The van der Waals surface area contributed by atoms with Crippen molar-refractivity contribution in [3.8, 4) is 0 Å². The molecule has 0 aromatic heterocycles. The highest BCUT2D eigenvalue weighted by atomic mass is 16.6. The van der Waals surface area contributed by atoms with Gasteiger partial charge >= 0.3 is 0 Å². The molecule has 0 amide bonds. The van der Waals surface area contributed by atoms with Crippen LogP contribution in [0.2, 0.25) is 0 Å². The molecular weight excluding hydrogens is 208 g/mol. The number of hydrogen-bond acceptors (Lipinski definition) is 4. The molecule has 0 spiro atoms. The lowest BCUT2D eigenvalue weighted by Crippen LogP contribution is -2.23. The molecule has 0 aliphatic rings. The minimum atomic E-state index is -0.416. The minimum Gasteiger partial charge on any atom is -0.392 e. The van der Waals surface area contributed by atoms with Crippen LogP contribution in [0.1, 0.15) is 18.1 Å². The fourth-order valence-electron chi connectivity index (χ4n) is 1.39. The molecule has 0 saturated carbocycles. The first-order chi connectivity index (χ1) is 7.50. The summed E-state index contributed by atoms with van der Waals surface area (Å²) in [4.78, 5) is 10.3. The molecule has 5 heteroatoms. The zero-order valence-corrected chi connectivity index (χ0v) is 9.43. The van der Waals surface area contributed by atoms with E-state index in [1.807, 2.05) is 6.07 Å². The van der Waals surface area contributed by atoms with Crippen LogP contribution in [0.5, 0.6) is 0 Å². The number of nitro benzene ring substituents is 1. The van der Waals surface area contributed by atoms with Crippen molar-refractivity contribution in [1.29, 1.82) is 0 Å². The largest absolute Gasteiger partial charge is 0.392 e. The van der Waals surface area contributed by atoms with Crippen LogP contribution in [0, 0.1) is 17.0 Å². The van der Waals surface area contributed by atoms with Crippen molar-refractivity contribution in [1.82, 2.24) is 5.32 Å². The Labute approximate surface area is 94.3 Å². The Hall–Kier alpha value is -1.46. The van der Waals surface area contributed by atoms with Crippen molar-refractivity contribution in [2.24, 2.45) is 0 Å². The second-order valence-electron chi connectivity index (χ2n) is 3.86. The van der Waals surface area contributed by atoms with Crippen LogP contribution in [0.25, 0.3) is 0 Å². The third-order valence-corrected chi connectivity index (χ3v) is 2.24. The Morgan fingerprint density at radius 3 is 2.81 bits per heavy atom. The number of aryl methyl sites for hydroxylation is 1. The maximum Gasteiger partial charge on any atom is 0.272 e. The summed E-state index contributed by atoms with van der Waals surface area (Å²) < 4.78 is 0. The molecule has 1 rings (SSSR count). The first kappa shape index (κ1) is 12.6. The zero-order chi connectivity index (χ0) is 12.1. The number of rotatable bonds is 5. The quantitative estimate of drug-likeness (QED) is 0.585. The summed E-state index contributed by atoms with van der Waals surface area (Å²) in [6.07, 6.45) is -0.416. The van der Waals surface area contributed by atoms with Gasteiger partial charge in [0.05, 0.1) is 11.0 Å². The number of hydrogen-bond donors (Lipinski definition) is 2. The summed E-state index contributed by atoms with van der Waals surface area (Å²) in [5, 5.41) is 22.8. The van der Waals surface area contributed by atoms with Crippen molar-refractivity contribution < 1.29 is 10.0 Å². The van der Waals surface area contributed by atoms with Gasteiger partial charge < -0.3 is 10.4 Å². The number of nitrogens with one attached hydrogen (secondary N) is 1. The van der Waals surface area contributed by atoms with Crippen LogP contribution >= 0.6 is 0 Å². The number of nitro groups is 1. The molecule has 16 heavy (non-hydrogen) atoms. The molecule has 0 heterocycles. The Bertz CT molecular complexity index is 377. The average molecular weight is 224 g/mol. The summed E-state index contributed by atoms with van der Waals surface area (Å²) >= 11 is 0. The molecule has 0 radical (unpaired) electrons. The maximum atomic E-state index is 10.7. The van der Waals surface area contributed by atoms with E-state index in [0.29, 0.717) is 18.7 Å². The number of aliphatic hydroxyl groups is 1. The SMILES string of the molecule is Cc1ccc(CNC[C@H](C)O)cc1[N+](=O)[O-]. The van der Waals surface area contributed by atoms with Crippen LogP contribution < -0.4 is 5.32 Å². The monoisotopic (exact) mass is 224 g/mol. The molecule has 0 aliphatic heterocycles. The lowest BCUT2D eigenvalue weighted by atomic mass is 10.1. The van der Waals surface area contributed by atoms with Crippen molar-refractivity contribution in [3.05, 3.63) is 39.4 Å². The van der Waals surface area contributed by atoms with E-state index in [1.54, 1.807) is 26.0 Å². The van der Waals surface area contributed by atoms with Gasteiger partial charge in [-0.25, -0.2) is 0 Å². The lowest BCUT2D eigenvalue weighted by Gasteiger charge is -2.07. The van der Waals surface area contributed by atoms with Crippen molar-refractivity contribution in [3.63, 3.8) is 0 Å². The lowest BCUT2D eigenvalue weighted by molar-refractivity contribution is -0.385. The van der Waals surface area contributed by atoms with Crippen molar-refractivity contribution in [2.75, 3.05) is 6.54 Å². The number of nitrogens with zero attached hydrogens (tertiary/aromatic N) is 1. The summed E-state index contributed by atoms with van der Waals surface area (Å²) in [6.45, 7) is 4.39. The number of aliphatic hydroxyl groups excluding tert-OH is 1. The molecule has 0 bridgehead atoms. The standard InChI is InChI=1S/C11H16N2O3/c1-8-3-4-10(5-11(8)13(15)16)7-12-6-9(2)14/h3-5,9,12,14H,6-7H2,1-2H3/t9-/m0/s1. The molecule has 0 fully saturated rings. The fraction of sp³-hybridized carbons (Fsp3) is 0.455. The molecule has 88 valence electrons. The van der Waals surface area contributed by atoms with E-state index in [0.717, 1.165) is 5.56 Å². The van der Waals surface area contributed by atoms with Gasteiger partial charge in [-0.05, 0) is 19.4 Å². The normalized spacial score (nSPS) is 12.4. The molecule has 2 N–H and O–H groups in total. The van der Waals surface area contributed by atoms with Crippen molar-refractivity contribution >= 4 is 5.69 Å². The Morgan fingerprint density at radius 2 is 2.25 bits per heavy atom. The molecule has 0 aliphatic carbocycles. The Morgan fingerprint density at radius 1 is 1.56 bits per heavy atom. The first-order valence-corrected chi connectivity index (χ1v) is 5.13. The highest BCUT2D eigenvalue weighted by molar-refractivity contribution is 5.42. The molecule has 0 unspecified atom stereocenters. The van der Waals surface area contributed by atoms with E-state index < -0.39 is 6.10 Å². The molecule has 5 nitrogen and oxygen atoms in total. The van der Waals surface area contributed by atoms with Crippen LogP contribution in [-0.2, 0) is 6.54 Å². The van der Waals surface area contributed by atoms with Gasteiger partial charge in [0, 0.05) is 24.7 Å². The summed E-state index contributed by atoms with van der Waals surface area (Å²) in [6, 6.07) is 5.14. The van der Waals surface area contributed by atoms with Crippen LogP contribution in [0.4, 0.5) is 5.69 Å². The van der Waals surface area contributed by atoms with E-state index in [2.05, 4.69) is 5.32 Å². The van der Waals surface area contributed by atoms with Gasteiger partial charge in [-0.1, -0.05) is 12.1 Å². The van der Waals surface area contributed by atoms with E-state index in [4.69, 9.17) is 5.11 Å². The summed E-state index contributed by atoms with van der Waals surface area (Å²) in [5.41, 5.74) is 1.64. The minimum absolute atomic E-state index is 0.136. The highest BCUT2D eigenvalue weighted by Gasteiger charge is 2.10. The number of benzene rings is 1. The van der Waals surface area contributed by atoms with Gasteiger partial charge in [-0.3, -0.25) is 10.1 Å². The highest BCUT2D eigenvalue weighted by Crippen LogP contribution is 2.18. The second-order valence-corrected chi connectivity index (χ2v) is 3.86. The third-order valence-electron chi connectivity index (χ3n) is 2.24. The fourth-order valence-corrected chi connectivity index (χ4v) is 1.39. The zero-order valence-electron chi connectivity index (χ0n) is 9.43. The molecule has 1 aromatic rings. The van der Waals surface area contributed by atoms with Gasteiger partial charge in [-0.2, -0.15) is 0 Å². The second kappa shape index (κ2) is 5.58. The molecule has 1 atom stereocenters. The van der Waals surface area contributed by atoms with E-state index in [9.17, 15) is 10.1 Å². The summed E-state index contributed by atoms with van der Waals surface area (Å²) in [5.74, 6) is 0. The third kappa shape index (κ3) is 3.60. The van der Waals surface area contributed by atoms with E-state index >= 15 is 0 Å². The van der Waals surface area contributed by atoms with E-state index in [-0.39, 0.29) is 10.6 Å². The summed E-state index contributed by atoms with van der Waals surface area (Å²) in [7, 11) is 0. The van der Waals surface area contributed by atoms with Gasteiger partial charge in [-0.15, -0.1) is 0 Å².